The quantitative estimate of drug-likeness (QED) is 0.500. The van der Waals surface area contributed by atoms with Crippen molar-refractivity contribution in [3.05, 3.63) is 52.7 Å². The maximum absolute atomic E-state index is 12.2. The SMILES string of the molecule is CC(C)c1nnsc1CNC(=O)c1ccc(CSc2ncccn2)o1. The molecule has 0 atom stereocenters. The third-order valence-corrected chi connectivity index (χ3v) is 4.95. The predicted molar refractivity (Wildman–Crippen MR) is 95.5 cm³/mol. The zero-order valence-corrected chi connectivity index (χ0v) is 15.4. The number of carbonyl (C=O) groups excluding carboxylic acids is 1. The number of aromatic nitrogens is 4. The summed E-state index contributed by atoms with van der Waals surface area (Å²) in [5.74, 6) is 1.57. The Morgan fingerprint density at radius 3 is 2.88 bits per heavy atom. The van der Waals surface area contributed by atoms with Crippen molar-refractivity contribution in [1.29, 1.82) is 0 Å². The Hall–Kier alpha value is -2.26. The Morgan fingerprint density at radius 1 is 1.32 bits per heavy atom. The molecule has 0 fully saturated rings. The summed E-state index contributed by atoms with van der Waals surface area (Å²) in [4.78, 5) is 21.5. The smallest absolute Gasteiger partial charge is 0.287 e. The van der Waals surface area contributed by atoms with Gasteiger partial charge in [0.15, 0.2) is 10.9 Å². The molecule has 1 N–H and O–H groups in total. The van der Waals surface area contributed by atoms with Crippen LogP contribution in [0, 0.1) is 0 Å². The molecule has 0 saturated heterocycles. The van der Waals surface area contributed by atoms with Crippen LogP contribution in [-0.2, 0) is 12.3 Å². The summed E-state index contributed by atoms with van der Waals surface area (Å²) < 4.78 is 9.55. The minimum Gasteiger partial charge on any atom is -0.455 e. The van der Waals surface area contributed by atoms with Crippen LogP contribution in [0.15, 0.2) is 40.2 Å². The van der Waals surface area contributed by atoms with E-state index in [-0.39, 0.29) is 17.6 Å². The minimum atomic E-state index is -0.254. The molecule has 7 nitrogen and oxygen atoms in total. The van der Waals surface area contributed by atoms with E-state index in [1.54, 1.807) is 30.6 Å². The van der Waals surface area contributed by atoms with Crippen molar-refractivity contribution in [3.63, 3.8) is 0 Å². The fourth-order valence-corrected chi connectivity index (χ4v) is 3.53. The number of furan rings is 1. The third-order valence-electron chi connectivity index (χ3n) is 3.31. The van der Waals surface area contributed by atoms with Crippen LogP contribution in [-0.4, -0.2) is 25.5 Å². The lowest BCUT2D eigenvalue weighted by Gasteiger charge is -2.05. The number of nitrogens with one attached hydrogen (secondary N) is 1. The van der Waals surface area contributed by atoms with Crippen molar-refractivity contribution in [1.82, 2.24) is 24.9 Å². The minimum absolute atomic E-state index is 0.254. The van der Waals surface area contributed by atoms with E-state index in [4.69, 9.17) is 4.42 Å². The van der Waals surface area contributed by atoms with Crippen LogP contribution in [0.3, 0.4) is 0 Å². The van der Waals surface area contributed by atoms with E-state index in [1.807, 2.05) is 0 Å². The van der Waals surface area contributed by atoms with Gasteiger partial charge in [-0.05, 0) is 35.6 Å². The molecule has 3 rings (SSSR count). The molecule has 0 spiro atoms. The van der Waals surface area contributed by atoms with Crippen LogP contribution in [0.1, 0.15) is 46.7 Å². The molecule has 0 unspecified atom stereocenters. The predicted octanol–water partition coefficient (Wildman–Crippen LogP) is 3.27. The summed E-state index contributed by atoms with van der Waals surface area (Å²) >= 11 is 2.75. The van der Waals surface area contributed by atoms with E-state index in [2.05, 4.69) is 38.7 Å². The molecule has 0 aliphatic heterocycles. The molecule has 0 radical (unpaired) electrons. The molecule has 3 heterocycles. The van der Waals surface area contributed by atoms with Crippen LogP contribution >= 0.6 is 23.3 Å². The van der Waals surface area contributed by atoms with Crippen LogP contribution in [0.5, 0.6) is 0 Å². The van der Waals surface area contributed by atoms with Crippen LogP contribution < -0.4 is 5.32 Å². The number of hydrogen-bond acceptors (Lipinski definition) is 8. The number of nitrogens with zero attached hydrogens (tertiary/aromatic N) is 4. The molecular formula is C16H17N5O2S2. The number of carbonyl (C=O) groups is 1. The van der Waals surface area contributed by atoms with E-state index in [0.717, 1.165) is 10.6 Å². The van der Waals surface area contributed by atoms with E-state index >= 15 is 0 Å². The standard InChI is InChI=1S/C16H17N5O2S2/c1-10(2)14-13(25-21-20-14)8-19-15(22)12-5-4-11(23-12)9-24-16-17-6-3-7-18-16/h3-7,10H,8-9H2,1-2H3,(H,19,22). The lowest BCUT2D eigenvalue weighted by Crippen LogP contribution is -2.22. The second-order valence-corrected chi connectivity index (χ2v) is 7.29. The number of hydrogen-bond donors (Lipinski definition) is 1. The van der Waals surface area contributed by atoms with Crippen LogP contribution in [0.4, 0.5) is 0 Å². The summed E-state index contributed by atoms with van der Waals surface area (Å²) in [5, 5.41) is 7.62. The summed E-state index contributed by atoms with van der Waals surface area (Å²) in [6, 6.07) is 5.23. The van der Waals surface area contributed by atoms with E-state index in [0.29, 0.717) is 23.2 Å². The van der Waals surface area contributed by atoms with E-state index in [1.165, 1.54) is 23.3 Å². The lowest BCUT2D eigenvalue weighted by atomic mass is 10.1. The molecule has 3 aromatic heterocycles. The summed E-state index contributed by atoms with van der Waals surface area (Å²) in [7, 11) is 0. The molecule has 0 aliphatic rings. The normalized spacial score (nSPS) is 11.0. The Labute approximate surface area is 153 Å². The monoisotopic (exact) mass is 375 g/mol. The molecule has 0 aliphatic carbocycles. The largest absolute Gasteiger partial charge is 0.455 e. The van der Waals surface area contributed by atoms with Gasteiger partial charge in [-0.15, -0.1) is 5.10 Å². The molecular weight excluding hydrogens is 358 g/mol. The highest BCUT2D eigenvalue weighted by molar-refractivity contribution is 7.98. The third kappa shape index (κ3) is 4.64. The van der Waals surface area contributed by atoms with Gasteiger partial charge in [-0.1, -0.05) is 30.1 Å². The highest BCUT2D eigenvalue weighted by atomic mass is 32.2. The van der Waals surface area contributed by atoms with E-state index in [9.17, 15) is 4.79 Å². The van der Waals surface area contributed by atoms with Crippen molar-refractivity contribution >= 4 is 29.2 Å². The molecule has 25 heavy (non-hydrogen) atoms. The first-order valence-electron chi connectivity index (χ1n) is 7.71. The molecule has 3 aromatic rings. The van der Waals surface area contributed by atoms with Gasteiger partial charge in [-0.2, -0.15) is 0 Å². The lowest BCUT2D eigenvalue weighted by molar-refractivity contribution is 0.0922. The second kappa shape index (κ2) is 8.21. The first-order valence-corrected chi connectivity index (χ1v) is 9.47. The van der Waals surface area contributed by atoms with Crippen LogP contribution in [0.2, 0.25) is 0 Å². The molecule has 9 heteroatoms. The van der Waals surface area contributed by atoms with Gasteiger partial charge in [0.2, 0.25) is 0 Å². The summed E-state index contributed by atoms with van der Waals surface area (Å²) in [6.45, 7) is 4.50. The molecule has 0 saturated carbocycles. The Kier molecular flexibility index (Phi) is 5.77. The molecule has 0 aromatic carbocycles. The van der Waals surface area contributed by atoms with Gasteiger partial charge in [0.25, 0.3) is 5.91 Å². The van der Waals surface area contributed by atoms with Crippen molar-refractivity contribution in [3.8, 4) is 0 Å². The molecule has 0 bridgehead atoms. The van der Waals surface area contributed by atoms with Gasteiger partial charge in [-0.3, -0.25) is 4.79 Å². The maximum atomic E-state index is 12.2. The van der Waals surface area contributed by atoms with Crippen molar-refractivity contribution in [2.75, 3.05) is 0 Å². The first kappa shape index (κ1) is 17.6. The fraction of sp³-hybridized carbons (Fsp3) is 0.312. The average Bonchev–Trinajstić information content (AvgIpc) is 3.28. The zero-order chi connectivity index (χ0) is 17.6. The first-order chi connectivity index (χ1) is 12.1. The van der Waals surface area contributed by atoms with Crippen molar-refractivity contribution in [2.45, 2.75) is 37.2 Å². The summed E-state index contributed by atoms with van der Waals surface area (Å²) in [6.07, 6.45) is 3.38. The van der Waals surface area contributed by atoms with Gasteiger partial charge < -0.3 is 9.73 Å². The number of rotatable bonds is 7. The van der Waals surface area contributed by atoms with E-state index < -0.39 is 0 Å². The van der Waals surface area contributed by atoms with Crippen LogP contribution in [0.25, 0.3) is 0 Å². The number of thioether (sulfide) groups is 1. The fourth-order valence-electron chi connectivity index (χ4n) is 2.10. The zero-order valence-electron chi connectivity index (χ0n) is 13.8. The van der Waals surface area contributed by atoms with Gasteiger partial charge in [-0.25, -0.2) is 9.97 Å². The Morgan fingerprint density at radius 2 is 2.12 bits per heavy atom. The highest BCUT2D eigenvalue weighted by Gasteiger charge is 2.15. The van der Waals surface area contributed by atoms with Gasteiger partial charge >= 0.3 is 0 Å². The van der Waals surface area contributed by atoms with Crippen molar-refractivity contribution < 1.29 is 9.21 Å². The second-order valence-electron chi connectivity index (χ2n) is 5.50. The average molecular weight is 375 g/mol. The highest BCUT2D eigenvalue weighted by Crippen LogP contribution is 2.21. The molecule has 130 valence electrons. The Balaban J connectivity index is 1.54. The van der Waals surface area contributed by atoms with Gasteiger partial charge in [0, 0.05) is 12.4 Å². The van der Waals surface area contributed by atoms with Crippen molar-refractivity contribution in [2.24, 2.45) is 0 Å². The number of amides is 1. The Bertz CT molecular complexity index is 832. The van der Waals surface area contributed by atoms with Gasteiger partial charge in [0.05, 0.1) is 22.9 Å². The maximum Gasteiger partial charge on any atom is 0.287 e. The topological polar surface area (TPSA) is 93.8 Å². The van der Waals surface area contributed by atoms with Gasteiger partial charge in [0.1, 0.15) is 5.76 Å². The molecule has 1 amide bonds. The summed E-state index contributed by atoms with van der Waals surface area (Å²) in [5.41, 5.74) is 0.921.